The fraction of sp³-hybridized carbons (Fsp3) is 0.471. The average molecular weight is 349 g/mol. The Hall–Kier alpha value is -2.15. The fourth-order valence-electron chi connectivity index (χ4n) is 2.37. The molecule has 2 N–H and O–H groups in total. The first-order chi connectivity index (χ1) is 11.4. The van der Waals surface area contributed by atoms with Crippen molar-refractivity contribution in [2.75, 3.05) is 7.05 Å². The first kappa shape index (κ1) is 18.2. The van der Waals surface area contributed by atoms with Gasteiger partial charge in [-0.1, -0.05) is 19.9 Å². The number of oxazole rings is 1. The van der Waals surface area contributed by atoms with Gasteiger partial charge in [-0.05, 0) is 30.7 Å². The van der Waals surface area contributed by atoms with E-state index in [2.05, 4.69) is 15.6 Å². The van der Waals surface area contributed by atoms with Crippen molar-refractivity contribution in [1.29, 1.82) is 0 Å². The van der Waals surface area contributed by atoms with Gasteiger partial charge in [0.2, 0.25) is 17.7 Å². The number of thiophene rings is 1. The van der Waals surface area contributed by atoms with Gasteiger partial charge in [-0.15, -0.1) is 11.3 Å². The molecule has 2 aromatic rings. The summed E-state index contributed by atoms with van der Waals surface area (Å²) in [5.41, 5.74) is 0.594. The molecule has 1 atom stereocenters. The summed E-state index contributed by atoms with van der Waals surface area (Å²) in [5.74, 6) is 1.02. The third-order valence-electron chi connectivity index (χ3n) is 3.56. The monoisotopic (exact) mass is 349 g/mol. The summed E-state index contributed by atoms with van der Waals surface area (Å²) in [6.07, 6.45) is 0.677. The molecular weight excluding hydrogens is 326 g/mol. The van der Waals surface area contributed by atoms with E-state index in [1.807, 2.05) is 31.4 Å². The minimum absolute atomic E-state index is 0.0896. The normalized spacial score (nSPS) is 12.2. The highest BCUT2D eigenvalue weighted by Crippen LogP contribution is 2.26. The van der Waals surface area contributed by atoms with Gasteiger partial charge in [0.25, 0.3) is 0 Å². The zero-order valence-corrected chi connectivity index (χ0v) is 15.2. The fourth-order valence-corrected chi connectivity index (χ4v) is 3.02. The highest BCUT2D eigenvalue weighted by molar-refractivity contribution is 7.13. The molecule has 0 aliphatic heterocycles. The van der Waals surface area contributed by atoms with E-state index in [-0.39, 0.29) is 18.2 Å². The average Bonchev–Trinajstić information content (AvgIpc) is 3.15. The summed E-state index contributed by atoms with van der Waals surface area (Å²) >= 11 is 1.53. The molecule has 2 amide bonds. The van der Waals surface area contributed by atoms with Crippen LogP contribution in [0.25, 0.3) is 10.8 Å². The van der Waals surface area contributed by atoms with Gasteiger partial charge in [0.1, 0.15) is 11.8 Å². The molecule has 0 aliphatic carbocycles. The van der Waals surface area contributed by atoms with E-state index in [1.54, 1.807) is 14.0 Å². The van der Waals surface area contributed by atoms with Crippen LogP contribution in [-0.2, 0) is 16.0 Å². The third-order valence-corrected chi connectivity index (χ3v) is 4.42. The Morgan fingerprint density at radius 2 is 2.12 bits per heavy atom. The Labute approximate surface area is 145 Å². The van der Waals surface area contributed by atoms with E-state index in [0.717, 1.165) is 4.88 Å². The molecule has 6 nitrogen and oxygen atoms in total. The number of hydrogen-bond acceptors (Lipinski definition) is 5. The smallest absolute Gasteiger partial charge is 0.242 e. The molecule has 7 heteroatoms. The molecule has 0 saturated heterocycles. The standard InChI is InChI=1S/C17H23N3O3S/c1-10(2)8-13(16(22)18-4)19-15(21)9-12-11(3)23-17(20-12)14-6-5-7-24-14/h5-7,10,13H,8-9H2,1-4H3,(H,18,22)(H,19,21)/t13-/m1/s1. The highest BCUT2D eigenvalue weighted by atomic mass is 32.1. The van der Waals surface area contributed by atoms with E-state index in [4.69, 9.17) is 4.42 Å². The first-order valence-electron chi connectivity index (χ1n) is 7.91. The molecule has 0 saturated carbocycles. The second-order valence-corrected chi connectivity index (χ2v) is 6.99. The number of likely N-dealkylation sites (N-methyl/N-ethyl adjacent to an activating group) is 1. The van der Waals surface area contributed by atoms with Crippen molar-refractivity contribution >= 4 is 23.2 Å². The van der Waals surface area contributed by atoms with Gasteiger partial charge in [0.05, 0.1) is 17.0 Å². The Balaban J connectivity index is 2.04. The molecule has 130 valence electrons. The predicted octanol–water partition coefficient (Wildman–Crippen LogP) is 2.53. The molecule has 0 spiro atoms. The van der Waals surface area contributed by atoms with E-state index in [0.29, 0.717) is 29.7 Å². The number of nitrogens with one attached hydrogen (secondary N) is 2. The highest BCUT2D eigenvalue weighted by Gasteiger charge is 2.22. The van der Waals surface area contributed by atoms with E-state index >= 15 is 0 Å². The van der Waals surface area contributed by atoms with Crippen molar-refractivity contribution in [3.8, 4) is 10.8 Å². The molecule has 2 heterocycles. The van der Waals surface area contributed by atoms with E-state index in [1.165, 1.54) is 11.3 Å². The molecule has 0 radical (unpaired) electrons. The van der Waals surface area contributed by atoms with Crippen molar-refractivity contribution in [1.82, 2.24) is 15.6 Å². The van der Waals surface area contributed by atoms with Crippen LogP contribution >= 0.6 is 11.3 Å². The minimum Gasteiger partial charge on any atom is -0.440 e. The molecule has 0 fully saturated rings. The third kappa shape index (κ3) is 4.67. The van der Waals surface area contributed by atoms with Crippen molar-refractivity contribution in [2.45, 2.75) is 39.7 Å². The van der Waals surface area contributed by atoms with Gasteiger partial charge in [-0.3, -0.25) is 9.59 Å². The summed E-state index contributed by atoms with van der Waals surface area (Å²) in [6, 6.07) is 3.31. The van der Waals surface area contributed by atoms with Crippen LogP contribution in [0.15, 0.2) is 21.9 Å². The maximum absolute atomic E-state index is 12.3. The van der Waals surface area contributed by atoms with Crippen LogP contribution in [0, 0.1) is 12.8 Å². The lowest BCUT2D eigenvalue weighted by molar-refractivity contribution is -0.128. The minimum atomic E-state index is -0.536. The van der Waals surface area contributed by atoms with Crippen molar-refractivity contribution in [3.63, 3.8) is 0 Å². The number of hydrogen-bond donors (Lipinski definition) is 2. The van der Waals surface area contributed by atoms with Crippen LogP contribution in [0.5, 0.6) is 0 Å². The van der Waals surface area contributed by atoms with Crippen LogP contribution in [-0.4, -0.2) is 29.9 Å². The first-order valence-corrected chi connectivity index (χ1v) is 8.79. The van der Waals surface area contributed by atoms with Crippen LogP contribution in [0.1, 0.15) is 31.7 Å². The molecule has 0 aliphatic rings. The lowest BCUT2D eigenvalue weighted by Gasteiger charge is -2.18. The zero-order chi connectivity index (χ0) is 17.7. The molecule has 0 aromatic carbocycles. The van der Waals surface area contributed by atoms with Gasteiger partial charge in [0, 0.05) is 7.05 Å². The molecule has 2 rings (SSSR count). The van der Waals surface area contributed by atoms with E-state index in [9.17, 15) is 9.59 Å². The number of carbonyl (C=O) groups excluding carboxylic acids is 2. The van der Waals surface area contributed by atoms with Crippen molar-refractivity contribution < 1.29 is 14.0 Å². The van der Waals surface area contributed by atoms with Crippen molar-refractivity contribution in [2.24, 2.45) is 5.92 Å². The van der Waals surface area contributed by atoms with Gasteiger partial charge in [-0.2, -0.15) is 0 Å². The van der Waals surface area contributed by atoms with Crippen LogP contribution < -0.4 is 10.6 Å². The van der Waals surface area contributed by atoms with Crippen molar-refractivity contribution in [3.05, 3.63) is 29.0 Å². The van der Waals surface area contributed by atoms with Crippen LogP contribution in [0.3, 0.4) is 0 Å². The topological polar surface area (TPSA) is 84.2 Å². The largest absolute Gasteiger partial charge is 0.440 e. The summed E-state index contributed by atoms with van der Waals surface area (Å²) in [6.45, 7) is 5.81. The second-order valence-electron chi connectivity index (χ2n) is 6.04. The Kier molecular flexibility index (Phi) is 6.14. The van der Waals surface area contributed by atoms with Crippen LogP contribution in [0.2, 0.25) is 0 Å². The number of aromatic nitrogens is 1. The molecule has 0 bridgehead atoms. The second kappa shape index (κ2) is 8.10. The Morgan fingerprint density at radius 1 is 1.38 bits per heavy atom. The molecule has 2 aromatic heterocycles. The number of aryl methyl sites for hydroxylation is 1. The molecular formula is C17H23N3O3S. The van der Waals surface area contributed by atoms with Gasteiger partial charge >= 0.3 is 0 Å². The quantitative estimate of drug-likeness (QED) is 0.804. The lowest BCUT2D eigenvalue weighted by atomic mass is 10.0. The number of rotatable bonds is 7. The predicted molar refractivity (Wildman–Crippen MR) is 93.7 cm³/mol. The summed E-state index contributed by atoms with van der Waals surface area (Å²) in [7, 11) is 1.57. The summed E-state index contributed by atoms with van der Waals surface area (Å²) < 4.78 is 5.64. The number of nitrogens with zero attached hydrogens (tertiary/aromatic N) is 1. The van der Waals surface area contributed by atoms with Gasteiger partial charge < -0.3 is 15.1 Å². The summed E-state index contributed by atoms with van der Waals surface area (Å²) in [5, 5.41) is 7.32. The number of amides is 2. The number of carbonyl (C=O) groups is 2. The molecule has 0 unspecified atom stereocenters. The van der Waals surface area contributed by atoms with E-state index < -0.39 is 6.04 Å². The Bertz CT molecular complexity index is 692. The maximum atomic E-state index is 12.3. The van der Waals surface area contributed by atoms with Gasteiger partial charge in [-0.25, -0.2) is 4.98 Å². The SMILES string of the molecule is CNC(=O)[C@@H](CC(C)C)NC(=O)Cc1nc(-c2cccs2)oc1C. The van der Waals surface area contributed by atoms with Crippen LogP contribution in [0.4, 0.5) is 0 Å². The zero-order valence-electron chi connectivity index (χ0n) is 14.4. The molecule has 24 heavy (non-hydrogen) atoms. The maximum Gasteiger partial charge on any atom is 0.242 e. The van der Waals surface area contributed by atoms with Gasteiger partial charge in [0.15, 0.2) is 0 Å². The Morgan fingerprint density at radius 3 is 2.71 bits per heavy atom. The lowest BCUT2D eigenvalue weighted by Crippen LogP contribution is -2.46. The summed E-state index contributed by atoms with van der Waals surface area (Å²) in [4.78, 5) is 29.5.